The highest BCUT2D eigenvalue weighted by Gasteiger charge is 2.26. The first-order chi connectivity index (χ1) is 11.0. The molecule has 1 saturated heterocycles. The molecule has 1 aromatic rings. The van der Waals surface area contributed by atoms with Crippen molar-refractivity contribution >= 4 is 17.7 Å². The molecule has 23 heavy (non-hydrogen) atoms. The van der Waals surface area contributed by atoms with Gasteiger partial charge in [0.25, 0.3) is 5.91 Å². The van der Waals surface area contributed by atoms with Crippen LogP contribution in [0.4, 0.5) is 0 Å². The first-order valence-corrected chi connectivity index (χ1v) is 9.33. The maximum absolute atomic E-state index is 12.5. The molecule has 1 heterocycles. The van der Waals surface area contributed by atoms with E-state index in [1.807, 2.05) is 36.2 Å². The molecule has 0 bridgehead atoms. The summed E-state index contributed by atoms with van der Waals surface area (Å²) in [6, 6.07) is 8.26. The lowest BCUT2D eigenvalue weighted by molar-refractivity contribution is 0.0772. The van der Waals surface area contributed by atoms with Crippen molar-refractivity contribution in [1.29, 1.82) is 0 Å². The van der Waals surface area contributed by atoms with E-state index in [1.165, 1.54) is 6.42 Å². The van der Waals surface area contributed by atoms with Gasteiger partial charge in [-0.05, 0) is 57.0 Å². The van der Waals surface area contributed by atoms with Gasteiger partial charge in [-0.3, -0.25) is 4.79 Å². The van der Waals surface area contributed by atoms with Crippen LogP contribution >= 0.6 is 11.8 Å². The summed E-state index contributed by atoms with van der Waals surface area (Å²) in [5.41, 5.74) is 0.736. The zero-order valence-electron chi connectivity index (χ0n) is 14.4. The van der Waals surface area contributed by atoms with E-state index in [9.17, 15) is 4.79 Å². The van der Waals surface area contributed by atoms with E-state index in [0.717, 1.165) is 30.1 Å². The summed E-state index contributed by atoms with van der Waals surface area (Å²) >= 11 is 1.60. The van der Waals surface area contributed by atoms with Gasteiger partial charge in [-0.2, -0.15) is 0 Å². The summed E-state index contributed by atoms with van der Waals surface area (Å²) in [5, 5.41) is 8.85. The summed E-state index contributed by atoms with van der Waals surface area (Å²) in [5.74, 6) is 1.35. The maximum atomic E-state index is 12.5. The third kappa shape index (κ3) is 5.23. The Balaban J connectivity index is 1.87. The molecule has 1 aliphatic rings. The van der Waals surface area contributed by atoms with Crippen molar-refractivity contribution in [2.45, 2.75) is 31.2 Å². The van der Waals surface area contributed by atoms with E-state index < -0.39 is 0 Å². The number of nitrogens with zero attached hydrogens (tertiary/aromatic N) is 2. The number of carbonyl (C=O) groups is 1. The summed E-state index contributed by atoms with van der Waals surface area (Å²) in [6.07, 6.45) is 1.17. The molecule has 1 unspecified atom stereocenters. The predicted octanol–water partition coefficient (Wildman–Crippen LogP) is 2.57. The minimum absolute atomic E-state index is 0.0895. The van der Waals surface area contributed by atoms with Gasteiger partial charge < -0.3 is 14.9 Å². The van der Waals surface area contributed by atoms with E-state index in [1.54, 1.807) is 11.8 Å². The molecular weight excluding hydrogens is 308 g/mol. The highest BCUT2D eigenvalue weighted by Crippen LogP contribution is 2.21. The van der Waals surface area contributed by atoms with Crippen molar-refractivity contribution in [3.8, 4) is 0 Å². The van der Waals surface area contributed by atoms with Gasteiger partial charge in [0, 0.05) is 42.4 Å². The smallest absolute Gasteiger partial charge is 0.253 e. The Labute approximate surface area is 143 Å². The summed E-state index contributed by atoms with van der Waals surface area (Å²) in [4.78, 5) is 18.0. The van der Waals surface area contributed by atoms with Gasteiger partial charge in [0.2, 0.25) is 0 Å². The van der Waals surface area contributed by atoms with Crippen LogP contribution in [0.3, 0.4) is 0 Å². The minimum atomic E-state index is 0.0895. The van der Waals surface area contributed by atoms with Crippen molar-refractivity contribution in [1.82, 2.24) is 9.80 Å². The molecule has 0 aromatic heterocycles. The Kier molecular flexibility index (Phi) is 6.93. The van der Waals surface area contributed by atoms with Crippen LogP contribution in [0, 0.1) is 5.92 Å². The minimum Gasteiger partial charge on any atom is -0.396 e. The number of rotatable bonds is 7. The highest BCUT2D eigenvalue weighted by molar-refractivity contribution is 7.99. The molecule has 1 amide bonds. The van der Waals surface area contributed by atoms with E-state index in [2.05, 4.69) is 18.7 Å². The number of amides is 1. The Morgan fingerprint density at radius 1 is 1.39 bits per heavy atom. The Morgan fingerprint density at radius 3 is 2.65 bits per heavy atom. The molecular formula is C18H28N2O2S. The van der Waals surface area contributed by atoms with Gasteiger partial charge in [-0.1, -0.05) is 0 Å². The monoisotopic (exact) mass is 336 g/mol. The Morgan fingerprint density at radius 2 is 2.09 bits per heavy atom. The lowest BCUT2D eigenvalue weighted by Crippen LogP contribution is -2.34. The number of likely N-dealkylation sites (tertiary alicyclic amines) is 1. The molecule has 0 aliphatic carbocycles. The second-order valence-corrected chi connectivity index (χ2v) is 7.69. The molecule has 0 spiro atoms. The SMILES string of the molecule is CC(C)N1CCC(CN(C)C(=O)c2ccc(SCCO)cc2)C1. The number of hydrogen-bond acceptors (Lipinski definition) is 4. The zero-order valence-corrected chi connectivity index (χ0v) is 15.2. The molecule has 1 aliphatic heterocycles. The van der Waals surface area contributed by atoms with Gasteiger partial charge in [0.1, 0.15) is 0 Å². The average molecular weight is 337 g/mol. The average Bonchev–Trinajstić information content (AvgIpc) is 3.01. The normalized spacial score (nSPS) is 18.6. The van der Waals surface area contributed by atoms with Crippen LogP contribution in [0.2, 0.25) is 0 Å². The molecule has 0 saturated carbocycles. The molecule has 128 valence electrons. The third-order valence-corrected chi connectivity index (χ3v) is 5.38. The number of thioether (sulfide) groups is 1. The van der Waals surface area contributed by atoms with Crippen molar-refractivity contribution < 1.29 is 9.90 Å². The fourth-order valence-electron chi connectivity index (χ4n) is 3.03. The van der Waals surface area contributed by atoms with Crippen LogP contribution in [0.5, 0.6) is 0 Å². The molecule has 1 fully saturated rings. The number of hydrogen-bond donors (Lipinski definition) is 1. The van der Waals surface area contributed by atoms with Crippen molar-refractivity contribution in [3.05, 3.63) is 29.8 Å². The number of aliphatic hydroxyl groups excluding tert-OH is 1. The number of carbonyl (C=O) groups excluding carboxylic acids is 1. The topological polar surface area (TPSA) is 43.8 Å². The summed E-state index contributed by atoms with van der Waals surface area (Å²) in [7, 11) is 1.90. The second-order valence-electron chi connectivity index (χ2n) is 6.53. The second kappa shape index (κ2) is 8.71. The molecule has 2 rings (SSSR count). The Hall–Kier alpha value is -1.04. The first kappa shape index (κ1) is 18.3. The lowest BCUT2D eigenvalue weighted by Gasteiger charge is -2.23. The molecule has 1 aromatic carbocycles. The quantitative estimate of drug-likeness (QED) is 0.777. The van der Waals surface area contributed by atoms with Crippen molar-refractivity contribution in [2.75, 3.05) is 39.0 Å². The standard InChI is InChI=1S/C18H28N2O2S/c1-14(2)20-9-8-15(13-20)12-19(3)18(22)16-4-6-17(7-5-16)23-11-10-21/h4-7,14-15,21H,8-13H2,1-3H3. The van der Waals surface area contributed by atoms with Crippen LogP contribution in [0.25, 0.3) is 0 Å². The highest BCUT2D eigenvalue weighted by atomic mass is 32.2. The fourth-order valence-corrected chi connectivity index (χ4v) is 3.68. The predicted molar refractivity (Wildman–Crippen MR) is 96.0 cm³/mol. The molecule has 4 nitrogen and oxygen atoms in total. The largest absolute Gasteiger partial charge is 0.396 e. The van der Waals surface area contributed by atoms with Crippen molar-refractivity contribution in [2.24, 2.45) is 5.92 Å². The molecule has 5 heteroatoms. The van der Waals surface area contributed by atoms with Gasteiger partial charge >= 0.3 is 0 Å². The van der Waals surface area contributed by atoms with Gasteiger partial charge in [-0.15, -0.1) is 11.8 Å². The van der Waals surface area contributed by atoms with Gasteiger partial charge in [0.05, 0.1) is 6.61 Å². The van der Waals surface area contributed by atoms with Crippen LogP contribution in [-0.4, -0.2) is 65.9 Å². The van der Waals surface area contributed by atoms with E-state index >= 15 is 0 Å². The molecule has 1 atom stereocenters. The van der Waals surface area contributed by atoms with E-state index in [-0.39, 0.29) is 12.5 Å². The van der Waals surface area contributed by atoms with Crippen molar-refractivity contribution in [3.63, 3.8) is 0 Å². The van der Waals surface area contributed by atoms with E-state index in [0.29, 0.717) is 17.7 Å². The van der Waals surface area contributed by atoms with Gasteiger partial charge in [0.15, 0.2) is 0 Å². The lowest BCUT2D eigenvalue weighted by atomic mass is 10.1. The van der Waals surface area contributed by atoms with Crippen LogP contribution in [0.15, 0.2) is 29.2 Å². The number of benzene rings is 1. The maximum Gasteiger partial charge on any atom is 0.253 e. The summed E-state index contributed by atoms with van der Waals surface area (Å²) in [6.45, 7) is 7.68. The van der Waals surface area contributed by atoms with Crippen LogP contribution in [-0.2, 0) is 0 Å². The first-order valence-electron chi connectivity index (χ1n) is 8.34. The molecule has 0 radical (unpaired) electrons. The van der Waals surface area contributed by atoms with Gasteiger partial charge in [-0.25, -0.2) is 0 Å². The van der Waals surface area contributed by atoms with Crippen LogP contribution < -0.4 is 0 Å². The fraction of sp³-hybridized carbons (Fsp3) is 0.611. The third-order valence-electron chi connectivity index (χ3n) is 4.39. The zero-order chi connectivity index (χ0) is 16.8. The molecule has 1 N–H and O–H groups in total. The Bertz CT molecular complexity index is 504. The number of aliphatic hydroxyl groups is 1. The van der Waals surface area contributed by atoms with Crippen LogP contribution in [0.1, 0.15) is 30.6 Å². The summed E-state index contributed by atoms with van der Waals surface area (Å²) < 4.78 is 0. The van der Waals surface area contributed by atoms with E-state index in [4.69, 9.17) is 5.11 Å².